The second-order valence-electron chi connectivity index (χ2n) is 10.1. The van der Waals surface area contributed by atoms with E-state index in [1.165, 1.54) is 23.3 Å². The lowest BCUT2D eigenvalue weighted by molar-refractivity contribution is 0.282. The molecule has 3 aliphatic heterocycles. The van der Waals surface area contributed by atoms with Gasteiger partial charge in [-0.05, 0) is 78.6 Å². The number of halogens is 2. The van der Waals surface area contributed by atoms with Gasteiger partial charge in [0.1, 0.15) is 11.4 Å². The van der Waals surface area contributed by atoms with E-state index in [0.29, 0.717) is 24.5 Å². The summed E-state index contributed by atoms with van der Waals surface area (Å²) in [6, 6.07) is 20.6. The Morgan fingerprint density at radius 3 is 2.58 bits per heavy atom. The molecule has 202 valence electrons. The molecular formula is C33H30F2N4O. The Kier molecular flexibility index (Phi) is 7.27. The Balaban J connectivity index is 1.10. The first-order chi connectivity index (χ1) is 19.5. The maximum Gasteiger partial charge on any atom is 0.169 e. The van der Waals surface area contributed by atoms with Gasteiger partial charge in [0, 0.05) is 32.0 Å². The Labute approximate surface area is 232 Å². The fourth-order valence-corrected chi connectivity index (χ4v) is 5.08. The van der Waals surface area contributed by atoms with Gasteiger partial charge >= 0.3 is 0 Å². The van der Waals surface area contributed by atoms with Crippen LogP contribution in [0.3, 0.4) is 0 Å². The molecular weight excluding hydrogens is 506 g/mol. The molecule has 5 nitrogen and oxygen atoms in total. The molecule has 0 atom stereocenters. The molecule has 40 heavy (non-hydrogen) atoms. The van der Waals surface area contributed by atoms with Crippen molar-refractivity contribution in [1.29, 1.82) is 0 Å². The quantitative estimate of drug-likeness (QED) is 0.185. The number of fused-ring (bicyclic) bond motifs is 1. The normalized spacial score (nSPS) is 12.9. The van der Waals surface area contributed by atoms with Gasteiger partial charge in [-0.1, -0.05) is 42.5 Å². The Bertz CT molecular complexity index is 1630. The van der Waals surface area contributed by atoms with Crippen LogP contribution in [0.4, 0.5) is 8.78 Å². The van der Waals surface area contributed by atoms with Gasteiger partial charge in [0.25, 0.3) is 0 Å². The Morgan fingerprint density at radius 1 is 0.925 bits per heavy atom. The third-order valence-corrected chi connectivity index (χ3v) is 7.21. The van der Waals surface area contributed by atoms with Gasteiger partial charge < -0.3 is 14.2 Å². The summed E-state index contributed by atoms with van der Waals surface area (Å²) in [5.41, 5.74) is 5.96. The molecule has 3 aromatic rings. The number of ether oxygens (including phenoxy) is 1. The van der Waals surface area contributed by atoms with E-state index in [1.807, 2.05) is 29.1 Å². The molecule has 3 aliphatic rings. The van der Waals surface area contributed by atoms with Gasteiger partial charge in [-0.3, -0.25) is 0 Å². The van der Waals surface area contributed by atoms with Gasteiger partial charge in [0.15, 0.2) is 17.5 Å². The highest BCUT2D eigenvalue weighted by molar-refractivity contribution is 5.69. The van der Waals surface area contributed by atoms with Gasteiger partial charge in [-0.2, -0.15) is 0 Å². The summed E-state index contributed by atoms with van der Waals surface area (Å²) in [7, 11) is 0. The number of nitrogens with zero attached hydrogens (tertiary/aromatic N) is 4. The standard InChI is InChI=1S/C33H30F2N4O/c1-23-20-26(40-19-5-17-38-15-2-3-16-38)12-13-27(23)25-10-8-24(9-11-25)21-39-18-14-30-31(22-39)37-33(36-30)28-6-4-7-29(34)32(28)35/h2,4,6-15,18,20,22H,3,5,16-17,19,21H2,1H3. The largest absolute Gasteiger partial charge is 0.494 e. The first-order valence-corrected chi connectivity index (χ1v) is 13.5. The highest BCUT2D eigenvalue weighted by Crippen LogP contribution is 2.29. The van der Waals surface area contributed by atoms with Crippen molar-refractivity contribution in [2.45, 2.75) is 26.3 Å². The molecule has 0 bridgehead atoms. The van der Waals surface area contributed by atoms with Crippen LogP contribution in [0.2, 0.25) is 0 Å². The first-order valence-electron chi connectivity index (χ1n) is 13.5. The van der Waals surface area contributed by atoms with Crippen LogP contribution in [0.15, 0.2) is 91.4 Å². The van der Waals surface area contributed by atoms with E-state index in [1.54, 1.807) is 0 Å². The van der Waals surface area contributed by atoms with Crippen molar-refractivity contribution in [1.82, 2.24) is 19.4 Å². The van der Waals surface area contributed by atoms with E-state index < -0.39 is 11.6 Å². The van der Waals surface area contributed by atoms with Crippen LogP contribution in [-0.4, -0.2) is 39.1 Å². The lowest BCUT2D eigenvalue weighted by atomic mass is 9.99. The van der Waals surface area contributed by atoms with Crippen LogP contribution in [0, 0.1) is 18.6 Å². The molecule has 3 aromatic carbocycles. The zero-order valence-corrected chi connectivity index (χ0v) is 22.4. The third-order valence-electron chi connectivity index (χ3n) is 7.21. The van der Waals surface area contributed by atoms with Crippen molar-refractivity contribution < 1.29 is 13.5 Å². The Morgan fingerprint density at radius 2 is 1.77 bits per heavy atom. The molecule has 0 fully saturated rings. The van der Waals surface area contributed by atoms with Crippen LogP contribution in [0.1, 0.15) is 24.0 Å². The van der Waals surface area contributed by atoms with Crippen molar-refractivity contribution in [2.24, 2.45) is 0 Å². The van der Waals surface area contributed by atoms with E-state index in [2.05, 4.69) is 70.5 Å². The first kappa shape index (κ1) is 25.7. The monoisotopic (exact) mass is 536 g/mol. The van der Waals surface area contributed by atoms with E-state index in [4.69, 9.17) is 4.74 Å². The number of imidazole rings is 1. The van der Waals surface area contributed by atoms with E-state index >= 15 is 0 Å². The second kappa shape index (κ2) is 11.3. The molecule has 0 spiro atoms. The van der Waals surface area contributed by atoms with Crippen molar-refractivity contribution in [3.05, 3.63) is 114 Å². The van der Waals surface area contributed by atoms with Gasteiger partial charge in [-0.15, -0.1) is 0 Å². The van der Waals surface area contributed by atoms with Crippen molar-refractivity contribution in [3.63, 3.8) is 0 Å². The molecule has 0 saturated heterocycles. The maximum atomic E-state index is 14.2. The van der Waals surface area contributed by atoms with Gasteiger partial charge in [0.05, 0.1) is 17.9 Å². The van der Waals surface area contributed by atoms with Crippen molar-refractivity contribution in [2.75, 3.05) is 19.7 Å². The summed E-state index contributed by atoms with van der Waals surface area (Å²) in [6.45, 7) is 5.61. The highest BCUT2D eigenvalue weighted by Gasteiger charge is 2.17. The van der Waals surface area contributed by atoms with Gasteiger partial charge in [-0.25, -0.2) is 18.7 Å². The smallest absolute Gasteiger partial charge is 0.169 e. The lowest BCUT2D eigenvalue weighted by Gasteiger charge is -2.15. The molecule has 0 amide bonds. The minimum atomic E-state index is -0.936. The van der Waals surface area contributed by atoms with E-state index in [9.17, 15) is 8.78 Å². The van der Waals surface area contributed by atoms with Crippen LogP contribution in [0.25, 0.3) is 33.9 Å². The van der Waals surface area contributed by atoms with E-state index in [0.717, 1.165) is 48.9 Å². The van der Waals surface area contributed by atoms with Crippen LogP contribution >= 0.6 is 0 Å². The summed E-state index contributed by atoms with van der Waals surface area (Å²) < 4.78 is 35.9. The topological polar surface area (TPSA) is 43.2 Å². The van der Waals surface area contributed by atoms with E-state index in [-0.39, 0.29) is 11.4 Å². The van der Waals surface area contributed by atoms with Crippen LogP contribution in [0.5, 0.6) is 5.75 Å². The zero-order valence-electron chi connectivity index (χ0n) is 22.4. The average molecular weight is 537 g/mol. The maximum absolute atomic E-state index is 14.2. The summed E-state index contributed by atoms with van der Waals surface area (Å²) in [5, 5.41) is 0. The molecule has 6 rings (SSSR count). The molecule has 0 unspecified atom stereocenters. The highest BCUT2D eigenvalue weighted by atomic mass is 19.2. The van der Waals surface area contributed by atoms with Crippen LogP contribution < -0.4 is 4.74 Å². The number of hydrogen-bond acceptors (Lipinski definition) is 4. The number of aromatic nitrogens is 3. The second-order valence-corrected chi connectivity index (χ2v) is 10.1. The number of pyridine rings is 1. The number of rotatable bonds is 9. The predicted octanol–water partition coefficient (Wildman–Crippen LogP) is 7.34. The zero-order chi connectivity index (χ0) is 27.5. The minimum absolute atomic E-state index is 0.0587. The molecule has 0 radical (unpaired) electrons. The molecule has 0 saturated carbocycles. The molecule has 7 heteroatoms. The lowest BCUT2D eigenvalue weighted by Crippen LogP contribution is -2.17. The van der Waals surface area contributed by atoms with Crippen molar-refractivity contribution >= 4 is 0 Å². The summed E-state index contributed by atoms with van der Waals surface area (Å²) in [5.74, 6) is -0.763. The minimum Gasteiger partial charge on any atom is -0.494 e. The SMILES string of the molecule is Cc1cc(OCCCN2C=CCC2)ccc1-c1ccc(Cn2ccc3nc(-c4cccc(F)c4F)nc-3c2)cc1. The fraction of sp³-hybridized carbons (Fsp3) is 0.212. The number of hydrogen-bond donors (Lipinski definition) is 0. The average Bonchev–Trinajstić information content (AvgIpc) is 3.63. The molecule has 3 heterocycles. The fourth-order valence-electron chi connectivity index (χ4n) is 5.08. The van der Waals surface area contributed by atoms with Crippen molar-refractivity contribution in [3.8, 4) is 39.7 Å². The Hall–Kier alpha value is -4.52. The summed E-state index contributed by atoms with van der Waals surface area (Å²) in [4.78, 5) is 11.2. The van der Waals surface area contributed by atoms with Gasteiger partial charge in [0.2, 0.25) is 0 Å². The number of aryl methyl sites for hydroxylation is 1. The third kappa shape index (κ3) is 5.59. The summed E-state index contributed by atoms with van der Waals surface area (Å²) in [6.07, 6.45) is 10.3. The number of benzene rings is 3. The predicted molar refractivity (Wildman–Crippen MR) is 153 cm³/mol. The molecule has 0 N–H and O–H groups in total. The molecule has 0 aliphatic carbocycles. The molecule has 0 aromatic heterocycles. The van der Waals surface area contributed by atoms with Crippen LogP contribution in [-0.2, 0) is 6.54 Å². The summed E-state index contributed by atoms with van der Waals surface area (Å²) >= 11 is 0.